The van der Waals surface area contributed by atoms with Gasteiger partial charge in [-0.25, -0.2) is 0 Å². The summed E-state index contributed by atoms with van der Waals surface area (Å²) >= 11 is 5.88. The van der Waals surface area contributed by atoms with Crippen LogP contribution in [-0.2, 0) is 16.0 Å². The lowest BCUT2D eigenvalue weighted by atomic mass is 9.92. The first-order valence-electron chi connectivity index (χ1n) is 8.18. The summed E-state index contributed by atoms with van der Waals surface area (Å²) in [5.74, 6) is -0.0740. The van der Waals surface area contributed by atoms with Gasteiger partial charge in [0.05, 0.1) is 0 Å². The fraction of sp³-hybridized carbons (Fsp3) is 0.556. The van der Waals surface area contributed by atoms with Crippen molar-refractivity contribution in [3.8, 4) is 0 Å². The van der Waals surface area contributed by atoms with Crippen LogP contribution in [0.4, 0.5) is 0 Å². The Kier molecular flexibility index (Phi) is 6.46. The molecule has 4 nitrogen and oxygen atoms in total. The molecule has 1 unspecified atom stereocenters. The molecule has 0 bridgehead atoms. The Hall–Kier alpha value is -1.55. The quantitative estimate of drug-likeness (QED) is 0.862. The van der Waals surface area contributed by atoms with Crippen molar-refractivity contribution in [2.75, 3.05) is 13.1 Å². The van der Waals surface area contributed by atoms with E-state index in [-0.39, 0.29) is 24.2 Å². The van der Waals surface area contributed by atoms with Crippen LogP contribution < -0.4 is 0 Å². The number of carboxylic acid groups (broad SMARTS) is 1. The van der Waals surface area contributed by atoms with Crippen LogP contribution in [0.25, 0.3) is 0 Å². The zero-order valence-electron chi connectivity index (χ0n) is 13.5. The van der Waals surface area contributed by atoms with Gasteiger partial charge >= 0.3 is 5.97 Å². The fourth-order valence-corrected chi connectivity index (χ4v) is 3.28. The number of rotatable bonds is 6. The van der Waals surface area contributed by atoms with Crippen molar-refractivity contribution < 1.29 is 14.7 Å². The van der Waals surface area contributed by atoms with Crippen LogP contribution >= 0.6 is 11.6 Å². The average molecular weight is 338 g/mol. The van der Waals surface area contributed by atoms with E-state index in [1.54, 1.807) is 0 Å². The second-order valence-electron chi connectivity index (χ2n) is 6.56. The summed E-state index contributed by atoms with van der Waals surface area (Å²) in [7, 11) is 0. The molecular formula is C18H24ClNO3. The summed E-state index contributed by atoms with van der Waals surface area (Å²) in [5, 5.41) is 9.55. The number of carbonyl (C=O) groups is 2. The van der Waals surface area contributed by atoms with Gasteiger partial charge in [-0.15, -0.1) is 0 Å². The number of piperidine rings is 1. The molecule has 1 aliphatic rings. The zero-order chi connectivity index (χ0) is 16.8. The van der Waals surface area contributed by atoms with E-state index in [1.165, 1.54) is 5.56 Å². The van der Waals surface area contributed by atoms with Gasteiger partial charge in [0.15, 0.2) is 0 Å². The Morgan fingerprint density at radius 1 is 1.26 bits per heavy atom. The Morgan fingerprint density at radius 3 is 2.43 bits per heavy atom. The smallest absolute Gasteiger partial charge is 0.303 e. The molecule has 1 aliphatic heterocycles. The molecule has 0 saturated carbocycles. The molecule has 2 rings (SSSR count). The normalized spacial score (nSPS) is 17.0. The lowest BCUT2D eigenvalue weighted by molar-refractivity contribution is -0.138. The molecule has 0 aromatic heterocycles. The highest BCUT2D eigenvalue weighted by atomic mass is 35.5. The van der Waals surface area contributed by atoms with E-state index in [0.717, 1.165) is 24.3 Å². The van der Waals surface area contributed by atoms with Crippen molar-refractivity contribution in [1.82, 2.24) is 4.90 Å². The van der Waals surface area contributed by atoms with Gasteiger partial charge in [0.1, 0.15) is 0 Å². The third-order valence-corrected chi connectivity index (χ3v) is 4.70. The fourth-order valence-electron chi connectivity index (χ4n) is 3.16. The summed E-state index contributed by atoms with van der Waals surface area (Å²) in [6, 6.07) is 7.75. The van der Waals surface area contributed by atoms with Crippen LogP contribution in [0.2, 0.25) is 5.02 Å². The highest BCUT2D eigenvalue weighted by molar-refractivity contribution is 6.30. The third kappa shape index (κ3) is 5.87. The van der Waals surface area contributed by atoms with Crippen LogP contribution in [-0.4, -0.2) is 35.0 Å². The van der Waals surface area contributed by atoms with Gasteiger partial charge in [-0.05, 0) is 48.8 Å². The van der Waals surface area contributed by atoms with Gasteiger partial charge in [0.25, 0.3) is 0 Å². The van der Waals surface area contributed by atoms with Crippen molar-refractivity contribution in [3.63, 3.8) is 0 Å². The first-order chi connectivity index (χ1) is 10.9. The van der Waals surface area contributed by atoms with Crippen LogP contribution in [0.15, 0.2) is 24.3 Å². The molecule has 1 amide bonds. The minimum atomic E-state index is -0.744. The molecule has 0 radical (unpaired) electrons. The monoisotopic (exact) mass is 337 g/mol. The molecule has 1 heterocycles. The minimum absolute atomic E-state index is 0.181. The van der Waals surface area contributed by atoms with Crippen molar-refractivity contribution in [2.24, 2.45) is 11.8 Å². The number of aliphatic carboxylic acids is 1. The SMILES string of the molecule is CC(CC(=O)N1CCC(CC(=O)O)CC1)Cc1ccc(Cl)cc1. The standard InChI is InChI=1S/C18H24ClNO3/c1-13(10-14-2-4-16(19)5-3-14)11-17(21)20-8-6-15(7-9-20)12-18(22)23/h2-5,13,15H,6-12H2,1H3,(H,22,23). The second kappa shape index (κ2) is 8.34. The predicted molar refractivity (Wildman–Crippen MR) is 90.5 cm³/mol. The van der Waals surface area contributed by atoms with Gasteiger partial charge in [-0.3, -0.25) is 9.59 Å². The van der Waals surface area contributed by atoms with Gasteiger partial charge in [-0.2, -0.15) is 0 Å². The first-order valence-corrected chi connectivity index (χ1v) is 8.56. The van der Waals surface area contributed by atoms with Crippen LogP contribution in [0, 0.1) is 11.8 Å². The topological polar surface area (TPSA) is 57.6 Å². The Morgan fingerprint density at radius 2 is 1.87 bits per heavy atom. The number of carboxylic acids is 1. The van der Waals surface area contributed by atoms with Crippen molar-refractivity contribution >= 4 is 23.5 Å². The third-order valence-electron chi connectivity index (χ3n) is 4.45. The van der Waals surface area contributed by atoms with Crippen LogP contribution in [0.3, 0.4) is 0 Å². The van der Waals surface area contributed by atoms with Crippen molar-refractivity contribution in [1.29, 1.82) is 0 Å². The summed E-state index contributed by atoms with van der Waals surface area (Å²) in [6.07, 6.45) is 3.20. The Balaban J connectivity index is 1.76. The van der Waals surface area contributed by atoms with Crippen molar-refractivity contribution in [2.45, 2.75) is 39.0 Å². The number of halogens is 1. The molecule has 5 heteroatoms. The molecule has 126 valence electrons. The van der Waals surface area contributed by atoms with Crippen LogP contribution in [0.1, 0.15) is 38.2 Å². The lowest BCUT2D eigenvalue weighted by Crippen LogP contribution is -2.39. The van der Waals surface area contributed by atoms with E-state index in [2.05, 4.69) is 6.92 Å². The lowest BCUT2D eigenvalue weighted by Gasteiger charge is -2.32. The summed E-state index contributed by atoms with van der Waals surface area (Å²) < 4.78 is 0. The highest BCUT2D eigenvalue weighted by Gasteiger charge is 2.25. The Labute approximate surface area is 142 Å². The van der Waals surface area contributed by atoms with E-state index >= 15 is 0 Å². The maximum Gasteiger partial charge on any atom is 0.303 e. The molecule has 0 spiro atoms. The highest BCUT2D eigenvalue weighted by Crippen LogP contribution is 2.22. The molecule has 1 aromatic rings. The molecular weight excluding hydrogens is 314 g/mol. The van der Waals surface area contributed by atoms with E-state index in [0.29, 0.717) is 19.5 Å². The Bertz CT molecular complexity index is 536. The number of benzene rings is 1. The number of carbonyl (C=O) groups excluding carboxylic acids is 1. The summed E-state index contributed by atoms with van der Waals surface area (Å²) in [5.41, 5.74) is 1.19. The first kappa shape index (κ1) is 17.8. The zero-order valence-corrected chi connectivity index (χ0v) is 14.3. The van der Waals surface area contributed by atoms with Crippen molar-refractivity contribution in [3.05, 3.63) is 34.9 Å². The molecule has 1 atom stereocenters. The number of amides is 1. The minimum Gasteiger partial charge on any atom is -0.481 e. The maximum atomic E-state index is 12.4. The summed E-state index contributed by atoms with van der Waals surface area (Å²) in [4.78, 5) is 25.0. The molecule has 0 aliphatic carbocycles. The molecule has 1 aromatic carbocycles. The number of nitrogens with zero attached hydrogens (tertiary/aromatic N) is 1. The van der Waals surface area contributed by atoms with Gasteiger partial charge < -0.3 is 10.0 Å². The van der Waals surface area contributed by atoms with E-state index in [4.69, 9.17) is 16.7 Å². The largest absolute Gasteiger partial charge is 0.481 e. The second-order valence-corrected chi connectivity index (χ2v) is 7.00. The van der Waals surface area contributed by atoms with E-state index < -0.39 is 5.97 Å². The average Bonchev–Trinajstić information content (AvgIpc) is 2.49. The molecule has 1 N–H and O–H groups in total. The van der Waals surface area contributed by atoms with E-state index in [9.17, 15) is 9.59 Å². The molecule has 23 heavy (non-hydrogen) atoms. The van der Waals surface area contributed by atoms with Gasteiger partial charge in [0, 0.05) is 31.0 Å². The molecule has 1 fully saturated rings. The number of likely N-dealkylation sites (tertiary alicyclic amines) is 1. The van der Waals surface area contributed by atoms with Crippen LogP contribution in [0.5, 0.6) is 0 Å². The van der Waals surface area contributed by atoms with E-state index in [1.807, 2.05) is 29.2 Å². The van der Waals surface area contributed by atoms with Gasteiger partial charge in [-0.1, -0.05) is 30.7 Å². The number of hydrogen-bond acceptors (Lipinski definition) is 2. The summed E-state index contributed by atoms with van der Waals surface area (Å²) in [6.45, 7) is 3.46. The number of hydrogen-bond donors (Lipinski definition) is 1. The maximum absolute atomic E-state index is 12.4. The molecule has 1 saturated heterocycles. The predicted octanol–water partition coefficient (Wildman–Crippen LogP) is 3.62. The van der Waals surface area contributed by atoms with Gasteiger partial charge in [0.2, 0.25) is 5.91 Å².